The maximum absolute atomic E-state index is 5.83. The van der Waals surface area contributed by atoms with Crippen LogP contribution in [0.2, 0.25) is 0 Å². The summed E-state index contributed by atoms with van der Waals surface area (Å²) in [6.45, 7) is 9.40. The molecule has 5 heteroatoms. The van der Waals surface area contributed by atoms with E-state index in [0.29, 0.717) is 5.92 Å². The fourth-order valence-electron chi connectivity index (χ4n) is 4.27. The minimum Gasteiger partial charge on any atom is -0.491 e. The predicted octanol–water partition coefficient (Wildman–Crippen LogP) is 3.63. The smallest absolute Gasteiger partial charge is 0.131 e. The Hall–Kier alpha value is -1.98. The molecule has 28 heavy (non-hydrogen) atoms. The van der Waals surface area contributed by atoms with Crippen molar-refractivity contribution >= 4 is 0 Å². The highest BCUT2D eigenvalue weighted by molar-refractivity contribution is 5.28. The second-order valence-corrected chi connectivity index (χ2v) is 8.55. The molecule has 0 N–H and O–H groups in total. The lowest BCUT2D eigenvalue weighted by Gasteiger charge is -2.32. The molecule has 2 aliphatic rings. The number of aromatic nitrogens is 2. The summed E-state index contributed by atoms with van der Waals surface area (Å²) < 4.78 is 5.83. The standard InChI is InChI=1S/C23H32N4O/c1-17(2)28-21-6-4-5-18(13-21)15-27-11-7-19(8-12-27)23-24-14-20-16-26(3)10-9-22(20)25-23/h4-6,13-14,17,19H,7-12,15-16H2,1-3H3. The van der Waals surface area contributed by atoms with Crippen LogP contribution in [0.5, 0.6) is 5.75 Å². The Morgan fingerprint density at radius 1 is 1.18 bits per heavy atom. The first-order chi connectivity index (χ1) is 13.6. The zero-order valence-corrected chi connectivity index (χ0v) is 17.4. The average molecular weight is 381 g/mol. The average Bonchev–Trinajstić information content (AvgIpc) is 2.68. The number of fused-ring (bicyclic) bond motifs is 1. The Bertz CT molecular complexity index is 799. The number of piperidine rings is 1. The van der Waals surface area contributed by atoms with E-state index in [2.05, 4.69) is 55.1 Å². The highest BCUT2D eigenvalue weighted by Gasteiger charge is 2.24. The van der Waals surface area contributed by atoms with Crippen molar-refractivity contribution in [2.24, 2.45) is 0 Å². The summed E-state index contributed by atoms with van der Waals surface area (Å²) in [5, 5.41) is 0. The van der Waals surface area contributed by atoms with Crippen LogP contribution in [-0.4, -0.2) is 52.6 Å². The van der Waals surface area contributed by atoms with Crippen molar-refractivity contribution in [3.63, 3.8) is 0 Å². The van der Waals surface area contributed by atoms with Gasteiger partial charge in [0.1, 0.15) is 11.6 Å². The third-order valence-electron chi connectivity index (χ3n) is 5.77. The van der Waals surface area contributed by atoms with Gasteiger partial charge in [-0.3, -0.25) is 4.90 Å². The molecule has 2 aliphatic heterocycles. The second kappa shape index (κ2) is 8.58. The van der Waals surface area contributed by atoms with Crippen LogP contribution in [0.15, 0.2) is 30.5 Å². The number of likely N-dealkylation sites (tertiary alicyclic amines) is 1. The lowest BCUT2D eigenvalue weighted by molar-refractivity contribution is 0.200. The Morgan fingerprint density at radius 3 is 2.79 bits per heavy atom. The first kappa shape index (κ1) is 19.3. The van der Waals surface area contributed by atoms with E-state index in [1.54, 1.807) is 0 Å². The van der Waals surface area contributed by atoms with E-state index in [-0.39, 0.29) is 6.10 Å². The van der Waals surface area contributed by atoms with Gasteiger partial charge in [0.05, 0.1) is 6.10 Å². The van der Waals surface area contributed by atoms with Gasteiger partial charge in [-0.1, -0.05) is 12.1 Å². The molecule has 5 nitrogen and oxygen atoms in total. The molecule has 0 bridgehead atoms. The molecule has 0 radical (unpaired) electrons. The van der Waals surface area contributed by atoms with Crippen molar-refractivity contribution in [1.29, 1.82) is 0 Å². The molecule has 1 aromatic heterocycles. The van der Waals surface area contributed by atoms with Crippen molar-refractivity contribution in [2.45, 2.75) is 58.2 Å². The van der Waals surface area contributed by atoms with E-state index in [1.165, 1.54) is 16.8 Å². The Morgan fingerprint density at radius 2 is 2.00 bits per heavy atom. The van der Waals surface area contributed by atoms with Crippen LogP contribution in [-0.2, 0) is 19.5 Å². The summed E-state index contributed by atoms with van der Waals surface area (Å²) in [5.74, 6) is 2.53. The molecule has 1 aromatic carbocycles. The zero-order valence-electron chi connectivity index (χ0n) is 17.4. The fourth-order valence-corrected chi connectivity index (χ4v) is 4.27. The molecule has 2 aromatic rings. The normalized spacial score (nSPS) is 19.0. The molecule has 0 unspecified atom stereocenters. The van der Waals surface area contributed by atoms with Crippen molar-refractivity contribution in [2.75, 3.05) is 26.7 Å². The minimum absolute atomic E-state index is 0.211. The molecular weight excluding hydrogens is 348 g/mol. The number of hydrogen-bond donors (Lipinski definition) is 0. The summed E-state index contributed by atoms with van der Waals surface area (Å²) in [7, 11) is 2.16. The molecule has 1 saturated heterocycles. The number of likely N-dealkylation sites (N-methyl/N-ethyl adjacent to an activating group) is 1. The molecule has 4 rings (SSSR count). The molecule has 150 valence electrons. The molecule has 0 spiro atoms. The van der Waals surface area contributed by atoms with Crippen molar-refractivity contribution in [3.8, 4) is 5.75 Å². The van der Waals surface area contributed by atoms with Gasteiger partial charge in [-0.05, 0) is 64.5 Å². The van der Waals surface area contributed by atoms with E-state index in [1.807, 2.05) is 6.07 Å². The quantitative estimate of drug-likeness (QED) is 0.792. The van der Waals surface area contributed by atoms with Crippen LogP contribution in [0.4, 0.5) is 0 Å². The van der Waals surface area contributed by atoms with Crippen molar-refractivity contribution in [1.82, 2.24) is 19.8 Å². The van der Waals surface area contributed by atoms with Gasteiger partial charge in [-0.15, -0.1) is 0 Å². The highest BCUT2D eigenvalue weighted by atomic mass is 16.5. The maximum atomic E-state index is 5.83. The van der Waals surface area contributed by atoms with Gasteiger partial charge in [0.2, 0.25) is 0 Å². The topological polar surface area (TPSA) is 41.5 Å². The van der Waals surface area contributed by atoms with Crippen LogP contribution >= 0.6 is 0 Å². The maximum Gasteiger partial charge on any atom is 0.131 e. The summed E-state index contributed by atoms with van der Waals surface area (Å²) in [4.78, 5) is 14.6. The number of ether oxygens (including phenoxy) is 1. The van der Waals surface area contributed by atoms with Gasteiger partial charge < -0.3 is 9.64 Å². The van der Waals surface area contributed by atoms with E-state index in [4.69, 9.17) is 14.7 Å². The fraction of sp³-hybridized carbons (Fsp3) is 0.565. The Balaban J connectivity index is 1.34. The summed E-state index contributed by atoms with van der Waals surface area (Å²) >= 11 is 0. The summed E-state index contributed by atoms with van der Waals surface area (Å²) in [6, 6.07) is 8.51. The first-order valence-electron chi connectivity index (χ1n) is 10.6. The van der Waals surface area contributed by atoms with Gasteiger partial charge in [-0.2, -0.15) is 0 Å². The predicted molar refractivity (Wildman–Crippen MR) is 112 cm³/mol. The summed E-state index contributed by atoms with van der Waals surface area (Å²) in [6.07, 6.45) is 5.61. The Kier molecular flexibility index (Phi) is 5.93. The molecule has 1 fully saturated rings. The monoisotopic (exact) mass is 380 g/mol. The molecule has 0 amide bonds. The van der Waals surface area contributed by atoms with Crippen LogP contribution in [0.1, 0.15) is 55.3 Å². The molecule has 0 saturated carbocycles. The molecule has 3 heterocycles. The minimum atomic E-state index is 0.211. The third kappa shape index (κ3) is 4.70. The SMILES string of the molecule is CC(C)Oc1cccc(CN2CCC(c3ncc4c(n3)CCN(C)C4)CC2)c1. The van der Waals surface area contributed by atoms with Crippen LogP contribution in [0.25, 0.3) is 0 Å². The lowest BCUT2D eigenvalue weighted by atomic mass is 9.95. The van der Waals surface area contributed by atoms with Gasteiger partial charge in [-0.25, -0.2) is 9.97 Å². The van der Waals surface area contributed by atoms with Gasteiger partial charge >= 0.3 is 0 Å². The van der Waals surface area contributed by atoms with E-state index < -0.39 is 0 Å². The van der Waals surface area contributed by atoms with Gasteiger partial charge in [0, 0.05) is 49.4 Å². The molecule has 0 aliphatic carbocycles. The van der Waals surface area contributed by atoms with Crippen LogP contribution in [0, 0.1) is 0 Å². The van der Waals surface area contributed by atoms with E-state index in [0.717, 1.165) is 63.6 Å². The van der Waals surface area contributed by atoms with Crippen LogP contribution < -0.4 is 4.74 Å². The van der Waals surface area contributed by atoms with Crippen molar-refractivity contribution in [3.05, 3.63) is 53.1 Å². The number of nitrogens with zero attached hydrogens (tertiary/aromatic N) is 4. The lowest BCUT2D eigenvalue weighted by Crippen LogP contribution is -2.33. The molecular formula is C23H32N4O. The van der Waals surface area contributed by atoms with Crippen LogP contribution in [0.3, 0.4) is 0 Å². The van der Waals surface area contributed by atoms with E-state index in [9.17, 15) is 0 Å². The summed E-state index contributed by atoms with van der Waals surface area (Å²) in [5.41, 5.74) is 3.90. The largest absolute Gasteiger partial charge is 0.491 e. The first-order valence-corrected chi connectivity index (χ1v) is 10.6. The number of benzene rings is 1. The number of hydrogen-bond acceptors (Lipinski definition) is 5. The van der Waals surface area contributed by atoms with Gasteiger partial charge in [0.25, 0.3) is 0 Å². The van der Waals surface area contributed by atoms with Crippen molar-refractivity contribution < 1.29 is 4.74 Å². The van der Waals surface area contributed by atoms with E-state index >= 15 is 0 Å². The van der Waals surface area contributed by atoms with Gasteiger partial charge in [0.15, 0.2) is 0 Å². The zero-order chi connectivity index (χ0) is 19.5. The second-order valence-electron chi connectivity index (χ2n) is 8.55. The third-order valence-corrected chi connectivity index (χ3v) is 5.77. The number of rotatable bonds is 5. The molecule has 0 atom stereocenters. The Labute approximate surface area is 168 Å². The highest BCUT2D eigenvalue weighted by Crippen LogP contribution is 2.28.